The van der Waals surface area contributed by atoms with E-state index in [4.69, 9.17) is 0 Å². The number of carbonyl (C=O) groups is 1. The summed E-state index contributed by atoms with van der Waals surface area (Å²) in [4.78, 5) is 16.1. The van der Waals surface area contributed by atoms with Gasteiger partial charge in [-0.2, -0.15) is 0 Å². The van der Waals surface area contributed by atoms with Crippen molar-refractivity contribution < 1.29 is 9.69 Å². The molecule has 2 N–H and O–H groups in total. The van der Waals surface area contributed by atoms with Crippen molar-refractivity contribution >= 4 is 11.6 Å². The summed E-state index contributed by atoms with van der Waals surface area (Å²) in [5, 5.41) is 3.17. The summed E-state index contributed by atoms with van der Waals surface area (Å²) in [6.45, 7) is 6.73. The molecular weight excluding hydrogens is 322 g/mol. The molecule has 1 atom stereocenters. The van der Waals surface area contributed by atoms with Crippen LogP contribution in [0.15, 0.2) is 60.7 Å². The van der Waals surface area contributed by atoms with E-state index in [9.17, 15) is 4.79 Å². The minimum atomic E-state index is 0.175. The van der Waals surface area contributed by atoms with Gasteiger partial charge in [-0.3, -0.25) is 4.79 Å². The summed E-state index contributed by atoms with van der Waals surface area (Å²) >= 11 is 0. The SMILES string of the molecule is C[C@@H](CCc1ccccc1)NC(=O)C[NH+]1CCN(c2ccccc2)CC1. The third-order valence-electron chi connectivity index (χ3n) is 5.12. The third kappa shape index (κ3) is 5.60. The molecule has 2 aromatic carbocycles. The second-order valence-electron chi connectivity index (χ2n) is 7.24. The van der Waals surface area contributed by atoms with Crippen LogP contribution in [0.3, 0.4) is 0 Å². The molecule has 138 valence electrons. The van der Waals surface area contributed by atoms with Crippen LogP contribution < -0.4 is 15.1 Å². The number of piperazine rings is 1. The Labute approximate surface area is 156 Å². The van der Waals surface area contributed by atoms with Crippen LogP contribution in [-0.4, -0.2) is 44.7 Å². The van der Waals surface area contributed by atoms with Crippen molar-refractivity contribution in [3.63, 3.8) is 0 Å². The first-order valence-corrected chi connectivity index (χ1v) is 9.67. The van der Waals surface area contributed by atoms with Crippen LogP contribution in [0.2, 0.25) is 0 Å². The molecule has 0 spiro atoms. The fourth-order valence-corrected chi connectivity index (χ4v) is 3.55. The van der Waals surface area contributed by atoms with Gasteiger partial charge in [0.25, 0.3) is 5.91 Å². The number of rotatable bonds is 7. The van der Waals surface area contributed by atoms with E-state index in [-0.39, 0.29) is 11.9 Å². The van der Waals surface area contributed by atoms with Crippen molar-refractivity contribution in [2.45, 2.75) is 25.8 Å². The topological polar surface area (TPSA) is 36.8 Å². The van der Waals surface area contributed by atoms with Crippen LogP contribution >= 0.6 is 0 Å². The van der Waals surface area contributed by atoms with Crippen LogP contribution in [-0.2, 0) is 11.2 Å². The van der Waals surface area contributed by atoms with Crippen molar-refractivity contribution in [3.05, 3.63) is 66.2 Å². The fraction of sp³-hybridized carbons (Fsp3) is 0.409. The molecule has 1 amide bonds. The van der Waals surface area contributed by atoms with Crippen molar-refractivity contribution in [1.29, 1.82) is 0 Å². The van der Waals surface area contributed by atoms with E-state index in [1.54, 1.807) is 0 Å². The Morgan fingerprint density at radius 1 is 1.04 bits per heavy atom. The maximum Gasteiger partial charge on any atom is 0.275 e. The molecule has 4 heteroatoms. The lowest BCUT2D eigenvalue weighted by molar-refractivity contribution is -0.892. The van der Waals surface area contributed by atoms with Crippen LogP contribution in [0, 0.1) is 0 Å². The molecule has 0 aliphatic carbocycles. The molecule has 0 unspecified atom stereocenters. The van der Waals surface area contributed by atoms with E-state index in [1.165, 1.54) is 16.2 Å². The molecule has 3 rings (SSSR count). The Morgan fingerprint density at radius 3 is 2.31 bits per heavy atom. The van der Waals surface area contributed by atoms with Crippen molar-refractivity contribution in [2.24, 2.45) is 0 Å². The molecule has 0 radical (unpaired) electrons. The Hall–Kier alpha value is -2.33. The summed E-state index contributed by atoms with van der Waals surface area (Å²) in [6.07, 6.45) is 1.98. The molecule has 1 saturated heterocycles. The number of nitrogens with one attached hydrogen (secondary N) is 2. The molecule has 1 heterocycles. The largest absolute Gasteiger partial charge is 0.360 e. The van der Waals surface area contributed by atoms with Gasteiger partial charge in [0.1, 0.15) is 0 Å². The van der Waals surface area contributed by atoms with E-state index in [1.807, 2.05) is 12.1 Å². The maximum absolute atomic E-state index is 12.3. The lowest BCUT2D eigenvalue weighted by atomic mass is 10.1. The van der Waals surface area contributed by atoms with E-state index in [0.717, 1.165) is 39.0 Å². The van der Waals surface area contributed by atoms with Gasteiger partial charge in [0.2, 0.25) is 0 Å². The number of aryl methyl sites for hydroxylation is 1. The summed E-state index contributed by atoms with van der Waals surface area (Å²) in [5.74, 6) is 0.175. The number of amides is 1. The number of para-hydroxylation sites is 1. The molecule has 2 aromatic rings. The van der Waals surface area contributed by atoms with Gasteiger partial charge in [-0.1, -0.05) is 48.5 Å². The number of carbonyl (C=O) groups excluding carboxylic acids is 1. The number of nitrogens with zero attached hydrogens (tertiary/aromatic N) is 1. The summed E-state index contributed by atoms with van der Waals surface area (Å²) in [6, 6.07) is 21.2. The van der Waals surface area contributed by atoms with Crippen molar-refractivity contribution in [1.82, 2.24) is 5.32 Å². The Balaban J connectivity index is 1.36. The molecule has 0 bridgehead atoms. The van der Waals surface area contributed by atoms with Gasteiger partial charge >= 0.3 is 0 Å². The molecule has 0 saturated carbocycles. The van der Waals surface area contributed by atoms with Crippen LogP contribution in [0.1, 0.15) is 18.9 Å². The van der Waals surface area contributed by atoms with Gasteiger partial charge in [0, 0.05) is 11.7 Å². The predicted molar refractivity (Wildman–Crippen MR) is 107 cm³/mol. The first-order valence-electron chi connectivity index (χ1n) is 9.67. The summed E-state index contributed by atoms with van der Waals surface area (Å²) in [7, 11) is 0. The van der Waals surface area contributed by atoms with Crippen molar-refractivity contribution in [2.75, 3.05) is 37.6 Å². The molecule has 4 nitrogen and oxygen atoms in total. The maximum atomic E-state index is 12.3. The number of hydrogen-bond donors (Lipinski definition) is 2. The zero-order valence-electron chi connectivity index (χ0n) is 15.7. The highest BCUT2D eigenvalue weighted by Crippen LogP contribution is 2.12. The van der Waals surface area contributed by atoms with Crippen LogP contribution in [0.5, 0.6) is 0 Å². The highest BCUT2D eigenvalue weighted by Gasteiger charge is 2.22. The molecule has 0 aromatic heterocycles. The van der Waals surface area contributed by atoms with E-state index < -0.39 is 0 Å². The lowest BCUT2D eigenvalue weighted by Gasteiger charge is -2.33. The van der Waals surface area contributed by atoms with Gasteiger partial charge < -0.3 is 15.1 Å². The number of benzene rings is 2. The summed E-state index contributed by atoms with van der Waals surface area (Å²) < 4.78 is 0. The first-order chi connectivity index (χ1) is 12.7. The van der Waals surface area contributed by atoms with Gasteiger partial charge in [-0.05, 0) is 37.5 Å². The van der Waals surface area contributed by atoms with E-state index >= 15 is 0 Å². The third-order valence-corrected chi connectivity index (χ3v) is 5.12. The predicted octanol–water partition coefficient (Wildman–Crippen LogP) is 1.53. The summed E-state index contributed by atoms with van der Waals surface area (Å²) in [5.41, 5.74) is 2.61. The fourth-order valence-electron chi connectivity index (χ4n) is 3.55. The minimum absolute atomic E-state index is 0.175. The highest BCUT2D eigenvalue weighted by atomic mass is 16.2. The van der Waals surface area contributed by atoms with Crippen LogP contribution in [0.25, 0.3) is 0 Å². The average Bonchev–Trinajstić information content (AvgIpc) is 2.68. The van der Waals surface area contributed by atoms with Crippen LogP contribution in [0.4, 0.5) is 5.69 Å². The monoisotopic (exact) mass is 352 g/mol. The number of quaternary nitrogens is 1. The van der Waals surface area contributed by atoms with E-state index in [0.29, 0.717) is 6.54 Å². The molecule has 1 fully saturated rings. The quantitative estimate of drug-likeness (QED) is 0.793. The number of hydrogen-bond acceptors (Lipinski definition) is 2. The normalized spacial score (nSPS) is 16.3. The lowest BCUT2D eigenvalue weighted by Crippen LogP contribution is -3.16. The zero-order chi connectivity index (χ0) is 18.2. The van der Waals surface area contributed by atoms with Crippen molar-refractivity contribution in [3.8, 4) is 0 Å². The second-order valence-corrected chi connectivity index (χ2v) is 7.24. The second kappa shape index (κ2) is 9.39. The minimum Gasteiger partial charge on any atom is -0.360 e. The zero-order valence-corrected chi connectivity index (χ0v) is 15.7. The van der Waals surface area contributed by atoms with Gasteiger partial charge in [0.15, 0.2) is 6.54 Å². The standard InChI is InChI=1S/C22H29N3O/c1-19(12-13-20-8-4-2-5-9-20)23-22(26)18-24-14-16-25(17-15-24)21-10-6-3-7-11-21/h2-11,19H,12-18H2,1H3,(H,23,26)/p+1/t19-/m0/s1. The first kappa shape index (κ1) is 18.5. The Bertz CT molecular complexity index is 666. The van der Waals surface area contributed by atoms with Gasteiger partial charge in [0.05, 0.1) is 26.2 Å². The van der Waals surface area contributed by atoms with Gasteiger partial charge in [-0.15, -0.1) is 0 Å². The highest BCUT2D eigenvalue weighted by molar-refractivity contribution is 5.77. The molecule has 26 heavy (non-hydrogen) atoms. The van der Waals surface area contributed by atoms with E-state index in [2.05, 4.69) is 65.7 Å². The Kier molecular flexibility index (Phi) is 6.67. The number of anilines is 1. The molecule has 1 aliphatic rings. The molecule has 1 aliphatic heterocycles. The average molecular weight is 353 g/mol. The Morgan fingerprint density at radius 2 is 1.65 bits per heavy atom. The van der Waals surface area contributed by atoms with Gasteiger partial charge in [-0.25, -0.2) is 0 Å². The smallest absolute Gasteiger partial charge is 0.275 e. The molecular formula is C22H30N3O+.